The maximum absolute atomic E-state index is 13.1. The fourth-order valence-corrected chi connectivity index (χ4v) is 4.61. The lowest BCUT2D eigenvalue weighted by Gasteiger charge is -2.13. The van der Waals surface area contributed by atoms with Crippen molar-refractivity contribution in [2.24, 2.45) is 0 Å². The van der Waals surface area contributed by atoms with Crippen LogP contribution in [0.2, 0.25) is 0 Å². The molecule has 0 aliphatic carbocycles. The number of amides is 2. The fourth-order valence-electron chi connectivity index (χ4n) is 4.61. The average Bonchev–Trinajstić information content (AvgIpc) is 3.37. The summed E-state index contributed by atoms with van der Waals surface area (Å²) in [6, 6.07) is 31.9. The number of nitrogens with zero attached hydrogens (tertiary/aromatic N) is 2. The summed E-state index contributed by atoms with van der Waals surface area (Å²) < 4.78 is 2.18. The fraction of sp³-hybridized carbons (Fsp3) is 0.0345. The van der Waals surface area contributed by atoms with Gasteiger partial charge in [0.05, 0.1) is 5.69 Å². The minimum atomic E-state index is -0.403. The van der Waals surface area contributed by atoms with E-state index in [2.05, 4.69) is 52.5 Å². The van der Waals surface area contributed by atoms with Gasteiger partial charge in [0.15, 0.2) is 0 Å². The van der Waals surface area contributed by atoms with Crippen molar-refractivity contribution in [3.05, 3.63) is 120 Å². The van der Waals surface area contributed by atoms with Crippen LogP contribution in [0.15, 0.2) is 109 Å². The quantitative estimate of drug-likeness (QED) is 0.303. The molecule has 0 spiro atoms. The number of carbonyl (C=O) groups is 2. The van der Waals surface area contributed by atoms with Crippen molar-refractivity contribution in [1.29, 1.82) is 0 Å². The van der Waals surface area contributed by atoms with Crippen LogP contribution in [0.4, 0.5) is 5.69 Å². The summed E-state index contributed by atoms with van der Waals surface area (Å²) in [6.07, 6.45) is 3.72. The molecule has 1 fully saturated rings. The summed E-state index contributed by atoms with van der Waals surface area (Å²) in [4.78, 5) is 25.8. The standard InChI is InChI=1S/C29H21N3O2/c33-28-26(29(34)32(30-28)23-12-2-1-3-13-23)17-22-19-31(27-16-7-6-15-25(22)27)18-21-11-8-10-20-9-4-5-14-24(20)21/h1-17,19H,18H2,(H,30,33). The predicted octanol–water partition coefficient (Wildman–Crippen LogP) is 5.30. The normalized spacial score (nSPS) is 14.9. The molecule has 0 atom stereocenters. The molecule has 5 heteroatoms. The highest BCUT2D eigenvalue weighted by Gasteiger charge is 2.34. The van der Waals surface area contributed by atoms with E-state index in [1.807, 2.05) is 48.7 Å². The van der Waals surface area contributed by atoms with Gasteiger partial charge in [-0.25, -0.2) is 5.01 Å². The molecule has 5 aromatic rings. The van der Waals surface area contributed by atoms with Crippen molar-refractivity contribution >= 4 is 45.3 Å². The van der Waals surface area contributed by atoms with Gasteiger partial charge in [-0.05, 0) is 40.6 Å². The summed E-state index contributed by atoms with van der Waals surface area (Å²) in [6.45, 7) is 0.682. The lowest BCUT2D eigenvalue weighted by molar-refractivity contribution is -0.117. The number of rotatable bonds is 4. The number of carbonyl (C=O) groups excluding carboxylic acids is 2. The Labute approximate surface area is 196 Å². The Morgan fingerprint density at radius 1 is 0.735 bits per heavy atom. The third-order valence-electron chi connectivity index (χ3n) is 6.25. The van der Waals surface area contributed by atoms with Crippen LogP contribution in [0.5, 0.6) is 0 Å². The van der Waals surface area contributed by atoms with Crippen LogP contribution in [-0.4, -0.2) is 16.4 Å². The lowest BCUT2D eigenvalue weighted by atomic mass is 10.0. The molecule has 0 bridgehead atoms. The highest BCUT2D eigenvalue weighted by Crippen LogP contribution is 2.28. The molecular weight excluding hydrogens is 422 g/mol. The van der Waals surface area contributed by atoms with E-state index in [0.29, 0.717) is 12.2 Å². The first-order valence-electron chi connectivity index (χ1n) is 11.2. The van der Waals surface area contributed by atoms with Gasteiger partial charge in [0.2, 0.25) is 0 Å². The Balaban J connectivity index is 1.41. The zero-order valence-electron chi connectivity index (χ0n) is 18.3. The van der Waals surface area contributed by atoms with Crippen molar-refractivity contribution < 1.29 is 9.59 Å². The number of nitrogens with one attached hydrogen (secondary N) is 1. The first kappa shape index (κ1) is 20.0. The largest absolute Gasteiger partial charge is 0.342 e. The second-order valence-electron chi connectivity index (χ2n) is 8.34. The molecule has 34 heavy (non-hydrogen) atoms. The van der Waals surface area contributed by atoms with Crippen LogP contribution in [0.3, 0.4) is 0 Å². The van der Waals surface area contributed by atoms with E-state index in [0.717, 1.165) is 16.5 Å². The number of para-hydroxylation sites is 2. The van der Waals surface area contributed by atoms with Gasteiger partial charge >= 0.3 is 0 Å². The topological polar surface area (TPSA) is 54.3 Å². The lowest BCUT2D eigenvalue weighted by Crippen LogP contribution is -2.35. The molecule has 1 saturated heterocycles. The van der Waals surface area contributed by atoms with E-state index in [-0.39, 0.29) is 11.5 Å². The molecule has 0 unspecified atom stereocenters. The third kappa shape index (κ3) is 3.35. The summed E-state index contributed by atoms with van der Waals surface area (Å²) in [5, 5.41) is 4.71. The summed E-state index contributed by atoms with van der Waals surface area (Å²) in [5.41, 5.74) is 6.52. The highest BCUT2D eigenvalue weighted by atomic mass is 16.2. The Bertz CT molecular complexity index is 1590. The second kappa shape index (κ2) is 8.05. The number of anilines is 1. The van der Waals surface area contributed by atoms with Gasteiger partial charge < -0.3 is 4.57 Å². The minimum absolute atomic E-state index is 0.122. The van der Waals surface area contributed by atoms with Crippen LogP contribution in [0.1, 0.15) is 11.1 Å². The number of hydrogen-bond donors (Lipinski definition) is 1. The number of hydrazine groups is 1. The van der Waals surface area contributed by atoms with Crippen molar-refractivity contribution in [1.82, 2.24) is 9.99 Å². The van der Waals surface area contributed by atoms with Crippen molar-refractivity contribution in [2.45, 2.75) is 6.54 Å². The maximum atomic E-state index is 13.1. The molecule has 0 radical (unpaired) electrons. The van der Waals surface area contributed by atoms with Crippen LogP contribution < -0.4 is 10.4 Å². The van der Waals surface area contributed by atoms with Crippen LogP contribution >= 0.6 is 0 Å². The number of aromatic nitrogens is 1. The van der Waals surface area contributed by atoms with E-state index in [4.69, 9.17) is 0 Å². The molecule has 4 aromatic carbocycles. The number of hydrogen-bond acceptors (Lipinski definition) is 2. The highest BCUT2D eigenvalue weighted by molar-refractivity contribution is 6.32. The maximum Gasteiger partial charge on any atom is 0.282 e. The van der Waals surface area contributed by atoms with Gasteiger partial charge in [0.25, 0.3) is 11.8 Å². The van der Waals surface area contributed by atoms with Gasteiger partial charge in [-0.1, -0.05) is 78.9 Å². The molecule has 5 nitrogen and oxygen atoms in total. The van der Waals surface area contributed by atoms with Crippen molar-refractivity contribution in [3.8, 4) is 0 Å². The smallest absolute Gasteiger partial charge is 0.282 e. The molecule has 1 aliphatic heterocycles. The van der Waals surface area contributed by atoms with Gasteiger partial charge in [0, 0.05) is 29.2 Å². The molecule has 2 amide bonds. The Kier molecular flexibility index (Phi) is 4.73. The zero-order valence-corrected chi connectivity index (χ0v) is 18.3. The van der Waals surface area contributed by atoms with Gasteiger partial charge in [0.1, 0.15) is 5.57 Å². The van der Waals surface area contributed by atoms with Crippen LogP contribution in [-0.2, 0) is 16.1 Å². The SMILES string of the molecule is O=C1NN(c2ccccc2)C(=O)C1=Cc1cn(Cc2cccc3ccccc23)c2ccccc12. The van der Waals surface area contributed by atoms with Gasteiger partial charge in [-0.15, -0.1) is 0 Å². The molecule has 164 valence electrons. The van der Waals surface area contributed by atoms with Gasteiger partial charge in [-0.2, -0.15) is 0 Å². The minimum Gasteiger partial charge on any atom is -0.342 e. The van der Waals surface area contributed by atoms with E-state index in [9.17, 15) is 9.59 Å². The Hall–Kier alpha value is -4.64. The molecule has 6 rings (SSSR count). The molecular formula is C29H21N3O2. The third-order valence-corrected chi connectivity index (χ3v) is 6.25. The molecule has 0 saturated carbocycles. The summed E-state index contributed by atoms with van der Waals surface area (Å²) >= 11 is 0. The Morgan fingerprint density at radius 3 is 2.29 bits per heavy atom. The average molecular weight is 444 g/mol. The second-order valence-corrected chi connectivity index (χ2v) is 8.34. The molecule has 1 aliphatic rings. The monoisotopic (exact) mass is 443 g/mol. The first-order chi connectivity index (χ1) is 16.7. The molecule has 1 aromatic heterocycles. The van der Waals surface area contributed by atoms with E-state index in [1.165, 1.54) is 21.3 Å². The van der Waals surface area contributed by atoms with E-state index in [1.54, 1.807) is 18.2 Å². The van der Waals surface area contributed by atoms with Gasteiger partial charge in [-0.3, -0.25) is 15.0 Å². The Morgan fingerprint density at radius 2 is 1.44 bits per heavy atom. The van der Waals surface area contributed by atoms with Crippen molar-refractivity contribution in [3.63, 3.8) is 0 Å². The molecule has 2 heterocycles. The predicted molar refractivity (Wildman–Crippen MR) is 135 cm³/mol. The first-order valence-corrected chi connectivity index (χ1v) is 11.2. The zero-order chi connectivity index (χ0) is 23.1. The number of benzene rings is 4. The summed E-state index contributed by atoms with van der Waals surface area (Å²) in [7, 11) is 0. The van der Waals surface area contributed by atoms with Crippen LogP contribution in [0.25, 0.3) is 27.8 Å². The molecule has 1 N–H and O–H groups in total. The number of fused-ring (bicyclic) bond motifs is 2. The van der Waals surface area contributed by atoms with Crippen molar-refractivity contribution in [2.75, 3.05) is 5.01 Å². The van der Waals surface area contributed by atoms with E-state index >= 15 is 0 Å². The van der Waals surface area contributed by atoms with Crippen LogP contribution in [0, 0.1) is 0 Å². The summed E-state index contributed by atoms with van der Waals surface area (Å²) in [5.74, 6) is -0.762. The van der Waals surface area contributed by atoms with E-state index < -0.39 is 5.91 Å².